The fourth-order valence-electron chi connectivity index (χ4n) is 3.80. The van der Waals surface area contributed by atoms with Gasteiger partial charge in [-0.15, -0.1) is 0 Å². The molecule has 0 bridgehead atoms. The third-order valence-electron chi connectivity index (χ3n) is 5.46. The van der Waals surface area contributed by atoms with Gasteiger partial charge in [0, 0.05) is 32.7 Å². The summed E-state index contributed by atoms with van der Waals surface area (Å²) in [6, 6.07) is 5.19. The maximum atomic E-state index is 12.7. The first-order valence-corrected chi connectivity index (χ1v) is 9.70. The minimum absolute atomic E-state index is 0.0359. The Labute approximate surface area is 165 Å². The van der Waals surface area contributed by atoms with E-state index in [9.17, 15) is 14.7 Å². The lowest BCUT2D eigenvalue weighted by atomic mass is 10.0. The fourth-order valence-corrected chi connectivity index (χ4v) is 3.80. The van der Waals surface area contributed by atoms with Crippen molar-refractivity contribution >= 4 is 11.8 Å². The summed E-state index contributed by atoms with van der Waals surface area (Å²) in [7, 11) is 3.18. The van der Waals surface area contributed by atoms with Crippen LogP contribution in [0.1, 0.15) is 24.8 Å². The second-order valence-electron chi connectivity index (χ2n) is 7.28. The Bertz CT molecular complexity index is 703. The van der Waals surface area contributed by atoms with Crippen molar-refractivity contribution in [3.63, 3.8) is 0 Å². The Morgan fingerprint density at radius 3 is 2.57 bits per heavy atom. The van der Waals surface area contributed by atoms with Crippen molar-refractivity contribution in [2.24, 2.45) is 0 Å². The van der Waals surface area contributed by atoms with Crippen molar-refractivity contribution in [1.29, 1.82) is 0 Å². The quantitative estimate of drug-likeness (QED) is 0.729. The number of carbonyl (C=O) groups excluding carboxylic acids is 2. The van der Waals surface area contributed by atoms with E-state index < -0.39 is 6.04 Å². The van der Waals surface area contributed by atoms with E-state index in [0.717, 1.165) is 5.56 Å². The zero-order valence-electron chi connectivity index (χ0n) is 16.5. The number of methoxy groups -OCH3 is 2. The topological polar surface area (TPSA) is 91.3 Å². The van der Waals surface area contributed by atoms with Gasteiger partial charge >= 0.3 is 0 Å². The van der Waals surface area contributed by atoms with Crippen LogP contribution >= 0.6 is 0 Å². The number of piperidine rings is 1. The standard InChI is InChI=1S/C20H29N3O5/c1-27-17-4-3-14(11-18(17)28-2)13-23-10-7-21-20(26)16(23)12-19(25)22-8-5-15(24)6-9-22/h3-4,11,15-16,24H,5-10,12-13H2,1-2H3,(H,21,26). The second kappa shape index (κ2) is 9.25. The highest BCUT2D eigenvalue weighted by atomic mass is 16.5. The molecule has 0 radical (unpaired) electrons. The minimum atomic E-state index is -0.499. The number of benzene rings is 1. The molecule has 2 amide bonds. The number of hydrogen-bond donors (Lipinski definition) is 2. The van der Waals surface area contributed by atoms with Gasteiger partial charge < -0.3 is 24.8 Å². The maximum Gasteiger partial charge on any atom is 0.237 e. The predicted molar refractivity (Wildman–Crippen MR) is 103 cm³/mol. The number of aliphatic hydroxyl groups is 1. The molecule has 0 saturated carbocycles. The third-order valence-corrected chi connectivity index (χ3v) is 5.46. The molecule has 2 N–H and O–H groups in total. The van der Waals surface area contributed by atoms with Gasteiger partial charge in [0.15, 0.2) is 11.5 Å². The number of likely N-dealkylation sites (tertiary alicyclic amines) is 1. The van der Waals surface area contributed by atoms with Crippen LogP contribution in [0.25, 0.3) is 0 Å². The smallest absolute Gasteiger partial charge is 0.237 e. The monoisotopic (exact) mass is 391 g/mol. The number of nitrogens with one attached hydrogen (secondary N) is 1. The van der Waals surface area contributed by atoms with Crippen LogP contribution in [-0.4, -0.2) is 79.3 Å². The van der Waals surface area contributed by atoms with Crippen molar-refractivity contribution < 1.29 is 24.2 Å². The Morgan fingerprint density at radius 1 is 1.18 bits per heavy atom. The van der Waals surface area contributed by atoms with E-state index in [0.29, 0.717) is 57.1 Å². The van der Waals surface area contributed by atoms with Gasteiger partial charge in [0.05, 0.1) is 32.8 Å². The van der Waals surface area contributed by atoms with Crippen LogP contribution in [0.5, 0.6) is 11.5 Å². The van der Waals surface area contributed by atoms with Gasteiger partial charge in [0.25, 0.3) is 0 Å². The molecule has 1 aromatic carbocycles. The van der Waals surface area contributed by atoms with E-state index in [1.807, 2.05) is 23.1 Å². The average molecular weight is 391 g/mol. The van der Waals surface area contributed by atoms with Crippen LogP contribution in [0.3, 0.4) is 0 Å². The number of rotatable bonds is 6. The molecule has 2 fully saturated rings. The average Bonchev–Trinajstić information content (AvgIpc) is 2.70. The molecule has 3 rings (SSSR count). The van der Waals surface area contributed by atoms with E-state index in [2.05, 4.69) is 5.32 Å². The molecular formula is C20H29N3O5. The molecule has 0 spiro atoms. The van der Waals surface area contributed by atoms with Crippen LogP contribution < -0.4 is 14.8 Å². The molecule has 0 aliphatic carbocycles. The third kappa shape index (κ3) is 4.74. The van der Waals surface area contributed by atoms with E-state index in [4.69, 9.17) is 9.47 Å². The first-order valence-electron chi connectivity index (χ1n) is 9.70. The molecule has 1 unspecified atom stereocenters. The summed E-state index contributed by atoms with van der Waals surface area (Å²) in [6.45, 7) is 2.88. The summed E-state index contributed by atoms with van der Waals surface area (Å²) < 4.78 is 10.6. The van der Waals surface area contributed by atoms with Crippen LogP contribution in [0.2, 0.25) is 0 Å². The van der Waals surface area contributed by atoms with Crippen LogP contribution in [0.15, 0.2) is 18.2 Å². The van der Waals surface area contributed by atoms with Crippen molar-refractivity contribution in [2.45, 2.75) is 38.0 Å². The molecule has 154 valence electrons. The number of aliphatic hydroxyl groups excluding tert-OH is 1. The van der Waals surface area contributed by atoms with Crippen molar-refractivity contribution in [2.75, 3.05) is 40.4 Å². The zero-order chi connectivity index (χ0) is 20.1. The van der Waals surface area contributed by atoms with Crippen LogP contribution in [0, 0.1) is 0 Å². The first-order chi connectivity index (χ1) is 13.5. The predicted octanol–water partition coefficient (Wildman–Crippen LogP) is 0.378. The van der Waals surface area contributed by atoms with E-state index in [-0.39, 0.29) is 24.3 Å². The van der Waals surface area contributed by atoms with Gasteiger partial charge in [0.2, 0.25) is 11.8 Å². The number of ether oxygens (including phenoxy) is 2. The fraction of sp³-hybridized carbons (Fsp3) is 0.600. The Morgan fingerprint density at radius 2 is 1.89 bits per heavy atom. The molecule has 2 saturated heterocycles. The number of carbonyl (C=O) groups is 2. The number of hydrogen-bond acceptors (Lipinski definition) is 6. The van der Waals surface area contributed by atoms with E-state index >= 15 is 0 Å². The lowest BCUT2D eigenvalue weighted by Gasteiger charge is -2.37. The molecule has 28 heavy (non-hydrogen) atoms. The largest absolute Gasteiger partial charge is 0.493 e. The summed E-state index contributed by atoms with van der Waals surface area (Å²) in [5.41, 5.74) is 0.992. The van der Waals surface area contributed by atoms with E-state index in [1.165, 1.54) is 0 Å². The number of piperazine rings is 1. The lowest BCUT2D eigenvalue weighted by molar-refractivity contribution is -0.140. The highest BCUT2D eigenvalue weighted by Crippen LogP contribution is 2.28. The lowest BCUT2D eigenvalue weighted by Crippen LogP contribution is -2.56. The number of nitrogens with zero attached hydrogens (tertiary/aromatic N) is 2. The first kappa shape index (κ1) is 20.4. The van der Waals surface area contributed by atoms with Gasteiger partial charge in [-0.1, -0.05) is 6.07 Å². The van der Waals surface area contributed by atoms with Crippen LogP contribution in [0.4, 0.5) is 0 Å². The molecule has 0 aromatic heterocycles. The van der Waals surface area contributed by atoms with Crippen molar-refractivity contribution in [3.05, 3.63) is 23.8 Å². The Balaban J connectivity index is 1.68. The normalized spacial score (nSPS) is 21.3. The highest BCUT2D eigenvalue weighted by molar-refractivity contribution is 5.88. The summed E-state index contributed by atoms with van der Waals surface area (Å²) >= 11 is 0. The Kier molecular flexibility index (Phi) is 6.74. The molecule has 1 atom stereocenters. The number of amides is 2. The highest BCUT2D eigenvalue weighted by Gasteiger charge is 2.33. The molecule has 2 heterocycles. The molecular weight excluding hydrogens is 362 g/mol. The molecule has 8 nitrogen and oxygen atoms in total. The second-order valence-corrected chi connectivity index (χ2v) is 7.28. The molecule has 2 aliphatic heterocycles. The summed E-state index contributed by atoms with van der Waals surface area (Å²) in [5, 5.41) is 12.5. The van der Waals surface area contributed by atoms with Gasteiger partial charge in [-0.3, -0.25) is 14.5 Å². The van der Waals surface area contributed by atoms with Crippen molar-refractivity contribution in [1.82, 2.24) is 15.1 Å². The molecule has 1 aromatic rings. The van der Waals surface area contributed by atoms with Gasteiger partial charge in [-0.25, -0.2) is 0 Å². The maximum absolute atomic E-state index is 12.7. The van der Waals surface area contributed by atoms with E-state index in [1.54, 1.807) is 19.1 Å². The summed E-state index contributed by atoms with van der Waals surface area (Å²) in [5.74, 6) is 1.14. The molecule has 8 heteroatoms. The van der Waals surface area contributed by atoms with Gasteiger partial charge in [-0.2, -0.15) is 0 Å². The van der Waals surface area contributed by atoms with Crippen LogP contribution in [-0.2, 0) is 16.1 Å². The van der Waals surface area contributed by atoms with Gasteiger partial charge in [0.1, 0.15) is 0 Å². The van der Waals surface area contributed by atoms with Gasteiger partial charge in [-0.05, 0) is 30.5 Å². The van der Waals surface area contributed by atoms with Crippen molar-refractivity contribution in [3.8, 4) is 11.5 Å². The molecule has 2 aliphatic rings. The SMILES string of the molecule is COc1ccc(CN2CCNC(=O)C2CC(=O)N2CCC(O)CC2)cc1OC. The summed E-state index contributed by atoms with van der Waals surface area (Å²) in [6.07, 6.45) is 1.01. The zero-order valence-corrected chi connectivity index (χ0v) is 16.5. The Hall–Kier alpha value is -2.32. The summed E-state index contributed by atoms with van der Waals surface area (Å²) in [4.78, 5) is 29.0. The minimum Gasteiger partial charge on any atom is -0.493 e.